The highest BCUT2D eigenvalue weighted by molar-refractivity contribution is 5.71. The lowest BCUT2D eigenvalue weighted by Gasteiger charge is -2.35. The summed E-state index contributed by atoms with van der Waals surface area (Å²) >= 11 is 0. The Morgan fingerprint density at radius 1 is 0.404 bits per heavy atom. The van der Waals surface area contributed by atoms with Gasteiger partial charge < -0.3 is 60.1 Å². The van der Waals surface area contributed by atoms with Crippen molar-refractivity contribution in [3.8, 4) is 0 Å². The van der Waals surface area contributed by atoms with E-state index in [1.54, 1.807) is 0 Å². The zero-order valence-electron chi connectivity index (χ0n) is 32.2. The molecule has 0 aromatic rings. The van der Waals surface area contributed by atoms with Crippen molar-refractivity contribution in [3.63, 3.8) is 0 Å². The molecule has 0 aromatic carbocycles. The first-order valence-corrected chi connectivity index (χ1v) is 18.5. The molecule has 0 aliphatic carbocycles. The van der Waals surface area contributed by atoms with E-state index in [1.165, 1.54) is 0 Å². The number of carbonyl (C=O) groups excluding carboxylic acids is 5. The number of rotatable bonds is 35. The molecule has 0 aliphatic rings. The molecule has 0 rings (SSSR count). The number of aliphatic hydroxyl groups is 1. The highest BCUT2D eigenvalue weighted by Gasteiger charge is 2.40. The van der Waals surface area contributed by atoms with E-state index in [-0.39, 0.29) is 78.4 Å². The molecule has 0 heterocycles. The summed E-state index contributed by atoms with van der Waals surface area (Å²) in [6, 6.07) is 0. The highest BCUT2D eigenvalue weighted by Crippen LogP contribution is 2.25. The SMILES string of the molecule is CCNCCC(=O)OCC(CO)(COCC(COC(=O)CCNCC)(COC(=O)CCNCC)COC(=O)CCNCC)COC(=O)CCNCC. The Morgan fingerprint density at radius 3 is 0.865 bits per heavy atom. The Hall–Kier alpha value is -2.93. The fourth-order valence-electron chi connectivity index (χ4n) is 4.36. The lowest BCUT2D eigenvalue weighted by Crippen LogP contribution is -2.47. The van der Waals surface area contributed by atoms with E-state index in [1.807, 2.05) is 34.6 Å². The van der Waals surface area contributed by atoms with Gasteiger partial charge in [0.2, 0.25) is 0 Å². The molecule has 17 nitrogen and oxygen atoms in total. The molecule has 0 amide bonds. The Labute approximate surface area is 309 Å². The Morgan fingerprint density at radius 2 is 0.635 bits per heavy atom. The fourth-order valence-corrected chi connectivity index (χ4v) is 4.36. The van der Waals surface area contributed by atoms with Gasteiger partial charge in [0.1, 0.15) is 33.0 Å². The van der Waals surface area contributed by atoms with Gasteiger partial charge in [-0.25, -0.2) is 0 Å². The molecular formula is C35H67N5O12. The average molecular weight is 750 g/mol. The number of ether oxygens (including phenoxy) is 6. The normalized spacial score (nSPS) is 11.6. The van der Waals surface area contributed by atoms with Crippen molar-refractivity contribution in [2.24, 2.45) is 10.8 Å². The Kier molecular flexibility index (Phi) is 29.8. The van der Waals surface area contributed by atoms with Crippen molar-refractivity contribution in [1.29, 1.82) is 0 Å². The summed E-state index contributed by atoms with van der Waals surface area (Å²) in [5, 5.41) is 25.8. The van der Waals surface area contributed by atoms with Crippen molar-refractivity contribution in [2.45, 2.75) is 66.7 Å². The maximum Gasteiger partial charge on any atom is 0.307 e. The van der Waals surface area contributed by atoms with Crippen LogP contribution in [0.25, 0.3) is 0 Å². The summed E-state index contributed by atoms with van der Waals surface area (Å²) in [4.78, 5) is 63.0. The fraction of sp³-hybridized carbons (Fsp3) is 0.857. The Bertz CT molecular complexity index is 897. The second-order valence-electron chi connectivity index (χ2n) is 12.5. The van der Waals surface area contributed by atoms with Gasteiger partial charge in [-0.1, -0.05) is 34.6 Å². The molecule has 0 radical (unpaired) electrons. The molecule has 0 saturated carbocycles. The summed E-state index contributed by atoms with van der Waals surface area (Å²) in [5.74, 6) is -2.63. The van der Waals surface area contributed by atoms with E-state index in [0.29, 0.717) is 65.4 Å². The van der Waals surface area contributed by atoms with Gasteiger partial charge in [0.05, 0.1) is 62.8 Å². The summed E-state index contributed by atoms with van der Waals surface area (Å²) < 4.78 is 33.9. The van der Waals surface area contributed by atoms with E-state index in [9.17, 15) is 29.1 Å². The van der Waals surface area contributed by atoms with Crippen LogP contribution in [-0.2, 0) is 52.4 Å². The maximum absolute atomic E-state index is 12.7. The average Bonchev–Trinajstić information content (AvgIpc) is 3.13. The molecule has 304 valence electrons. The largest absolute Gasteiger partial charge is 0.465 e. The van der Waals surface area contributed by atoms with E-state index >= 15 is 0 Å². The molecule has 0 unspecified atom stereocenters. The van der Waals surface area contributed by atoms with Crippen LogP contribution >= 0.6 is 0 Å². The van der Waals surface area contributed by atoms with Crippen LogP contribution in [0.4, 0.5) is 0 Å². The molecule has 0 aliphatic heterocycles. The van der Waals surface area contributed by atoms with Gasteiger partial charge in [-0.15, -0.1) is 0 Å². The van der Waals surface area contributed by atoms with Gasteiger partial charge in [-0.3, -0.25) is 24.0 Å². The molecule has 0 fully saturated rings. The standard InChI is InChI=1S/C35H67N5O12/c1-6-36-16-11-29(42)48-24-34(21-41,25-49-30(43)12-17-37-7-2)22-47-23-35(26-50-31(44)13-18-38-8-3,27-51-32(45)14-19-39-9-4)28-52-33(46)15-20-40-10-5/h36-41H,6-28H2,1-5H3. The van der Waals surface area contributed by atoms with Crippen molar-refractivity contribution in [1.82, 2.24) is 26.6 Å². The van der Waals surface area contributed by atoms with E-state index < -0.39 is 47.3 Å². The molecule has 0 atom stereocenters. The zero-order valence-corrected chi connectivity index (χ0v) is 32.2. The van der Waals surface area contributed by atoms with Crippen molar-refractivity contribution < 1.29 is 57.5 Å². The van der Waals surface area contributed by atoms with Crippen molar-refractivity contribution >= 4 is 29.8 Å². The van der Waals surface area contributed by atoms with Crippen LogP contribution in [-0.4, -0.2) is 153 Å². The van der Waals surface area contributed by atoms with Crippen LogP contribution in [0.2, 0.25) is 0 Å². The summed E-state index contributed by atoms with van der Waals surface area (Å²) in [5.41, 5.74) is -2.73. The summed E-state index contributed by atoms with van der Waals surface area (Å²) in [6.45, 7) is 12.0. The zero-order chi connectivity index (χ0) is 38.9. The summed E-state index contributed by atoms with van der Waals surface area (Å²) in [6.07, 6.45) is 0.378. The van der Waals surface area contributed by atoms with E-state index in [0.717, 1.165) is 0 Å². The van der Waals surface area contributed by atoms with Crippen molar-refractivity contribution in [2.75, 3.05) is 118 Å². The lowest BCUT2D eigenvalue weighted by molar-refractivity contribution is -0.172. The third-order valence-corrected chi connectivity index (χ3v) is 7.63. The molecule has 0 saturated heterocycles. The third-order valence-electron chi connectivity index (χ3n) is 7.63. The second-order valence-corrected chi connectivity index (χ2v) is 12.5. The molecule has 17 heteroatoms. The van der Waals surface area contributed by atoms with Crippen LogP contribution in [0.15, 0.2) is 0 Å². The minimum atomic E-state index is -1.37. The van der Waals surface area contributed by atoms with Gasteiger partial charge in [0.25, 0.3) is 0 Å². The molecular weight excluding hydrogens is 682 g/mol. The predicted molar refractivity (Wildman–Crippen MR) is 193 cm³/mol. The van der Waals surface area contributed by atoms with Crippen LogP contribution in [0, 0.1) is 10.8 Å². The first-order chi connectivity index (χ1) is 25.0. The van der Waals surface area contributed by atoms with Gasteiger partial charge in [-0.2, -0.15) is 0 Å². The third kappa shape index (κ3) is 25.1. The topological polar surface area (TPSA) is 221 Å². The van der Waals surface area contributed by atoms with Crippen LogP contribution in [0.3, 0.4) is 0 Å². The maximum atomic E-state index is 12.7. The number of aliphatic hydroxyl groups excluding tert-OH is 1. The highest BCUT2D eigenvalue weighted by atomic mass is 16.6. The number of hydrogen-bond donors (Lipinski definition) is 6. The number of esters is 5. The lowest BCUT2D eigenvalue weighted by atomic mass is 9.90. The smallest absolute Gasteiger partial charge is 0.307 e. The number of nitrogens with one attached hydrogen (secondary N) is 5. The molecule has 0 spiro atoms. The predicted octanol–water partition coefficient (Wildman–Crippen LogP) is -0.318. The summed E-state index contributed by atoms with van der Waals surface area (Å²) in [7, 11) is 0. The molecule has 6 N–H and O–H groups in total. The molecule has 0 aromatic heterocycles. The van der Waals surface area contributed by atoms with Crippen LogP contribution in [0.5, 0.6) is 0 Å². The van der Waals surface area contributed by atoms with Gasteiger partial charge in [-0.05, 0) is 32.7 Å². The molecule has 0 bridgehead atoms. The van der Waals surface area contributed by atoms with Crippen molar-refractivity contribution in [3.05, 3.63) is 0 Å². The number of carbonyl (C=O) groups is 5. The van der Waals surface area contributed by atoms with Gasteiger partial charge >= 0.3 is 29.8 Å². The minimum Gasteiger partial charge on any atom is -0.465 e. The number of hydrogen-bond acceptors (Lipinski definition) is 17. The first kappa shape index (κ1) is 49.1. The second kappa shape index (κ2) is 31.6. The quantitative estimate of drug-likeness (QED) is 0.0278. The minimum absolute atomic E-state index is 0.0711. The van der Waals surface area contributed by atoms with Gasteiger partial charge in [0.15, 0.2) is 0 Å². The van der Waals surface area contributed by atoms with E-state index in [4.69, 9.17) is 28.4 Å². The van der Waals surface area contributed by atoms with Crippen LogP contribution in [0.1, 0.15) is 66.7 Å². The monoisotopic (exact) mass is 749 g/mol. The van der Waals surface area contributed by atoms with Crippen LogP contribution < -0.4 is 26.6 Å². The molecule has 52 heavy (non-hydrogen) atoms. The first-order valence-electron chi connectivity index (χ1n) is 18.5. The van der Waals surface area contributed by atoms with Gasteiger partial charge in [0, 0.05) is 32.7 Å². The Balaban J connectivity index is 6.23. The van der Waals surface area contributed by atoms with E-state index in [2.05, 4.69) is 26.6 Å².